The first-order valence-corrected chi connectivity index (χ1v) is 6.80. The van der Waals surface area contributed by atoms with Crippen molar-refractivity contribution in [1.29, 1.82) is 0 Å². The normalized spacial score (nSPS) is 21.3. The molecule has 3 rings (SSSR count). The van der Waals surface area contributed by atoms with Crippen LogP contribution in [-0.2, 0) is 6.54 Å². The van der Waals surface area contributed by atoms with Gasteiger partial charge in [0.15, 0.2) is 0 Å². The monoisotopic (exact) mass is 247 g/mol. The molecule has 1 saturated carbocycles. The summed E-state index contributed by atoms with van der Waals surface area (Å²) in [6.45, 7) is 5.10. The predicted octanol–water partition coefficient (Wildman–Crippen LogP) is 0.480. The number of nitrogens with one attached hydrogen (secondary N) is 1. The zero-order valence-electron chi connectivity index (χ0n) is 11.0. The molecule has 1 aliphatic carbocycles. The first kappa shape index (κ1) is 11.9. The maximum Gasteiger partial charge on any atom is 0.225 e. The summed E-state index contributed by atoms with van der Waals surface area (Å²) in [6.07, 6.45) is 4.51. The Kier molecular flexibility index (Phi) is 3.43. The number of likely N-dealkylation sites (N-methyl/N-ethyl adjacent to an activating group) is 1. The van der Waals surface area contributed by atoms with E-state index >= 15 is 0 Å². The van der Waals surface area contributed by atoms with Gasteiger partial charge >= 0.3 is 0 Å². The van der Waals surface area contributed by atoms with Gasteiger partial charge in [-0.3, -0.25) is 0 Å². The molecule has 1 N–H and O–H groups in total. The van der Waals surface area contributed by atoms with Crippen molar-refractivity contribution in [1.82, 2.24) is 20.2 Å². The second kappa shape index (κ2) is 5.20. The Morgan fingerprint density at radius 3 is 2.78 bits per heavy atom. The van der Waals surface area contributed by atoms with Gasteiger partial charge < -0.3 is 15.1 Å². The zero-order chi connectivity index (χ0) is 12.4. The molecule has 98 valence electrons. The lowest BCUT2D eigenvalue weighted by Crippen LogP contribution is -2.45. The topological polar surface area (TPSA) is 44.3 Å². The molecular weight excluding hydrogens is 226 g/mol. The summed E-state index contributed by atoms with van der Waals surface area (Å²) in [7, 11) is 2.16. The van der Waals surface area contributed by atoms with Crippen molar-refractivity contribution < 1.29 is 0 Å². The quantitative estimate of drug-likeness (QED) is 0.838. The van der Waals surface area contributed by atoms with Crippen molar-refractivity contribution in [3.63, 3.8) is 0 Å². The molecule has 5 heteroatoms. The van der Waals surface area contributed by atoms with E-state index in [0.717, 1.165) is 50.4 Å². The average molecular weight is 247 g/mol. The minimum Gasteiger partial charge on any atom is -0.338 e. The van der Waals surface area contributed by atoms with Crippen LogP contribution in [0.25, 0.3) is 0 Å². The highest BCUT2D eigenvalue weighted by molar-refractivity contribution is 5.31. The summed E-state index contributed by atoms with van der Waals surface area (Å²) in [6, 6.07) is 2.74. The smallest absolute Gasteiger partial charge is 0.225 e. The van der Waals surface area contributed by atoms with Crippen LogP contribution in [0.1, 0.15) is 18.5 Å². The molecule has 2 aliphatic rings. The molecular formula is C13H21N5. The molecule has 0 bridgehead atoms. The van der Waals surface area contributed by atoms with Crippen molar-refractivity contribution in [3.05, 3.63) is 18.0 Å². The molecule has 5 nitrogen and oxygen atoms in total. The largest absolute Gasteiger partial charge is 0.338 e. The molecule has 0 aromatic carbocycles. The zero-order valence-corrected chi connectivity index (χ0v) is 11.0. The first-order valence-electron chi connectivity index (χ1n) is 6.80. The third-order valence-electron chi connectivity index (χ3n) is 3.64. The second-order valence-electron chi connectivity index (χ2n) is 5.29. The molecule has 1 saturated heterocycles. The van der Waals surface area contributed by atoms with Crippen LogP contribution in [0.2, 0.25) is 0 Å². The lowest BCUT2D eigenvalue weighted by atomic mass is 10.3. The van der Waals surface area contributed by atoms with Crippen molar-refractivity contribution in [2.24, 2.45) is 0 Å². The predicted molar refractivity (Wildman–Crippen MR) is 71.6 cm³/mol. The molecule has 1 aromatic rings. The second-order valence-corrected chi connectivity index (χ2v) is 5.29. The maximum absolute atomic E-state index is 4.65. The summed E-state index contributed by atoms with van der Waals surface area (Å²) in [5.41, 5.74) is 1.10. The van der Waals surface area contributed by atoms with Crippen molar-refractivity contribution >= 4 is 5.95 Å². The van der Waals surface area contributed by atoms with E-state index in [1.54, 1.807) is 0 Å². The summed E-state index contributed by atoms with van der Waals surface area (Å²) < 4.78 is 0. The third kappa shape index (κ3) is 2.97. The number of hydrogen-bond donors (Lipinski definition) is 1. The van der Waals surface area contributed by atoms with Gasteiger partial charge in [-0.2, -0.15) is 0 Å². The summed E-state index contributed by atoms with van der Waals surface area (Å²) in [4.78, 5) is 13.7. The fraction of sp³-hybridized carbons (Fsp3) is 0.692. The van der Waals surface area contributed by atoms with Gasteiger partial charge in [-0.15, -0.1) is 0 Å². The molecule has 0 amide bonds. The van der Waals surface area contributed by atoms with Gasteiger partial charge in [-0.1, -0.05) is 0 Å². The number of nitrogens with zero attached hydrogens (tertiary/aromatic N) is 4. The molecule has 0 spiro atoms. The van der Waals surface area contributed by atoms with E-state index in [9.17, 15) is 0 Å². The highest BCUT2D eigenvalue weighted by atomic mass is 15.3. The van der Waals surface area contributed by atoms with Crippen LogP contribution < -0.4 is 10.2 Å². The number of aromatic nitrogens is 2. The van der Waals surface area contributed by atoms with E-state index in [1.165, 1.54) is 12.8 Å². The van der Waals surface area contributed by atoms with Crippen LogP contribution >= 0.6 is 0 Å². The Hall–Kier alpha value is -1.20. The van der Waals surface area contributed by atoms with Crippen molar-refractivity contribution in [2.75, 3.05) is 38.1 Å². The van der Waals surface area contributed by atoms with Gasteiger partial charge in [0, 0.05) is 45.0 Å². The Labute approximate surface area is 108 Å². The highest BCUT2D eigenvalue weighted by Crippen LogP contribution is 2.19. The van der Waals surface area contributed by atoms with Crippen molar-refractivity contribution in [2.45, 2.75) is 25.4 Å². The Balaban J connectivity index is 1.62. The SMILES string of the molecule is CN1CCN(c2nccc(CNC3CC3)n2)CC1. The average Bonchev–Trinajstić information content (AvgIpc) is 3.22. The third-order valence-corrected chi connectivity index (χ3v) is 3.64. The van der Waals surface area contributed by atoms with Crippen LogP contribution in [-0.4, -0.2) is 54.1 Å². The van der Waals surface area contributed by atoms with Gasteiger partial charge in [-0.05, 0) is 26.0 Å². The number of piperazine rings is 1. The van der Waals surface area contributed by atoms with E-state index in [2.05, 4.69) is 32.1 Å². The van der Waals surface area contributed by atoms with E-state index in [0.29, 0.717) is 0 Å². The van der Waals surface area contributed by atoms with Gasteiger partial charge in [0.1, 0.15) is 0 Å². The number of anilines is 1. The summed E-state index contributed by atoms with van der Waals surface area (Å²) in [5.74, 6) is 0.887. The molecule has 0 unspecified atom stereocenters. The van der Waals surface area contributed by atoms with E-state index in [1.807, 2.05) is 12.3 Å². The van der Waals surface area contributed by atoms with Crippen LogP contribution in [0.3, 0.4) is 0 Å². The van der Waals surface area contributed by atoms with E-state index < -0.39 is 0 Å². The van der Waals surface area contributed by atoms with Gasteiger partial charge in [-0.25, -0.2) is 9.97 Å². The van der Waals surface area contributed by atoms with Crippen LogP contribution in [0.4, 0.5) is 5.95 Å². The molecule has 2 heterocycles. The Bertz CT molecular complexity index is 396. The standard InChI is InChI=1S/C13H21N5/c1-17-6-8-18(9-7-17)13-14-5-4-12(16-13)10-15-11-2-3-11/h4-5,11,15H,2-3,6-10H2,1H3. The lowest BCUT2D eigenvalue weighted by Gasteiger charge is -2.32. The molecule has 0 radical (unpaired) electrons. The van der Waals surface area contributed by atoms with Gasteiger partial charge in [0.05, 0.1) is 5.69 Å². The highest BCUT2D eigenvalue weighted by Gasteiger charge is 2.21. The first-order chi connectivity index (χ1) is 8.81. The molecule has 1 aliphatic heterocycles. The molecule has 18 heavy (non-hydrogen) atoms. The van der Waals surface area contributed by atoms with Crippen LogP contribution in [0.15, 0.2) is 12.3 Å². The molecule has 0 atom stereocenters. The fourth-order valence-corrected chi connectivity index (χ4v) is 2.18. The minimum absolute atomic E-state index is 0.729. The van der Waals surface area contributed by atoms with Crippen LogP contribution in [0.5, 0.6) is 0 Å². The number of hydrogen-bond acceptors (Lipinski definition) is 5. The molecule has 1 aromatic heterocycles. The fourth-order valence-electron chi connectivity index (χ4n) is 2.18. The van der Waals surface area contributed by atoms with Gasteiger partial charge in [0.2, 0.25) is 5.95 Å². The van der Waals surface area contributed by atoms with E-state index in [4.69, 9.17) is 0 Å². The number of rotatable bonds is 4. The maximum atomic E-state index is 4.65. The van der Waals surface area contributed by atoms with E-state index in [-0.39, 0.29) is 0 Å². The Morgan fingerprint density at radius 2 is 2.06 bits per heavy atom. The Morgan fingerprint density at radius 1 is 1.28 bits per heavy atom. The summed E-state index contributed by atoms with van der Waals surface area (Å²) in [5, 5.41) is 3.49. The lowest BCUT2D eigenvalue weighted by molar-refractivity contribution is 0.311. The van der Waals surface area contributed by atoms with Crippen molar-refractivity contribution in [3.8, 4) is 0 Å². The summed E-state index contributed by atoms with van der Waals surface area (Å²) >= 11 is 0. The molecule has 2 fully saturated rings. The van der Waals surface area contributed by atoms with Crippen LogP contribution in [0, 0.1) is 0 Å². The minimum atomic E-state index is 0.729. The van der Waals surface area contributed by atoms with Gasteiger partial charge in [0.25, 0.3) is 0 Å².